The Labute approximate surface area is 58.6 Å². The van der Waals surface area contributed by atoms with Crippen LogP contribution in [0.4, 0.5) is 0 Å². The van der Waals surface area contributed by atoms with Crippen LogP contribution in [0.15, 0.2) is 23.0 Å². The highest BCUT2D eigenvalue weighted by Gasteiger charge is 2.04. The van der Waals surface area contributed by atoms with Crippen LogP contribution < -0.4 is 0 Å². The third-order valence-corrected chi connectivity index (χ3v) is 1.12. The summed E-state index contributed by atoms with van der Waals surface area (Å²) in [6.45, 7) is 0.111. The molecule has 54 valence electrons. The van der Waals surface area contributed by atoms with E-state index in [1.807, 2.05) is 0 Å². The number of Topliss-reactive ketones (excluding diaryl/α,β-unsaturated/α-hetero) is 1. The van der Waals surface area contributed by atoms with Gasteiger partial charge in [-0.25, -0.2) is 0 Å². The maximum absolute atomic E-state index is 10.9. The quantitative estimate of drug-likeness (QED) is 0.590. The minimum absolute atomic E-state index is 0.0590. The average molecular weight is 140 g/mol. The van der Waals surface area contributed by atoms with Gasteiger partial charge in [0.25, 0.3) is 0 Å². The van der Waals surface area contributed by atoms with Crippen molar-refractivity contribution in [1.82, 2.24) is 0 Å². The van der Waals surface area contributed by atoms with Gasteiger partial charge in [-0.15, -0.1) is 0 Å². The largest absolute Gasteiger partial charge is 0.472 e. The third-order valence-electron chi connectivity index (χ3n) is 1.12. The lowest BCUT2D eigenvalue weighted by atomic mass is 10.2. The highest BCUT2D eigenvalue weighted by atomic mass is 16.5. The molecule has 0 amide bonds. The number of hydrogen-bond donors (Lipinski definition) is 0. The van der Waals surface area contributed by atoms with Crippen molar-refractivity contribution in [3.63, 3.8) is 0 Å². The van der Waals surface area contributed by atoms with Crippen molar-refractivity contribution in [1.29, 1.82) is 0 Å². The van der Waals surface area contributed by atoms with Crippen molar-refractivity contribution < 1.29 is 13.9 Å². The molecule has 0 bridgehead atoms. The van der Waals surface area contributed by atoms with E-state index in [2.05, 4.69) is 4.74 Å². The van der Waals surface area contributed by atoms with Gasteiger partial charge in [0, 0.05) is 7.11 Å². The smallest absolute Gasteiger partial charge is 0.191 e. The Kier molecular flexibility index (Phi) is 2.23. The molecule has 10 heavy (non-hydrogen) atoms. The molecule has 0 N–H and O–H groups in total. The molecular weight excluding hydrogens is 132 g/mol. The van der Waals surface area contributed by atoms with Gasteiger partial charge >= 0.3 is 0 Å². The predicted molar refractivity (Wildman–Crippen MR) is 34.9 cm³/mol. The Morgan fingerprint density at radius 3 is 3.10 bits per heavy atom. The van der Waals surface area contributed by atoms with Gasteiger partial charge in [-0.3, -0.25) is 4.79 Å². The third kappa shape index (κ3) is 1.45. The Morgan fingerprint density at radius 1 is 1.80 bits per heavy atom. The van der Waals surface area contributed by atoms with Gasteiger partial charge in [-0.05, 0) is 6.07 Å². The number of furan rings is 1. The zero-order chi connectivity index (χ0) is 7.40. The molecule has 1 aromatic rings. The van der Waals surface area contributed by atoms with E-state index < -0.39 is 0 Å². The van der Waals surface area contributed by atoms with Gasteiger partial charge in [0.2, 0.25) is 0 Å². The molecule has 0 unspecified atom stereocenters. The molecule has 0 saturated carbocycles. The molecule has 0 radical (unpaired) electrons. The van der Waals surface area contributed by atoms with Crippen molar-refractivity contribution in [2.75, 3.05) is 13.7 Å². The van der Waals surface area contributed by atoms with Crippen molar-refractivity contribution in [3.8, 4) is 0 Å². The Morgan fingerprint density at radius 2 is 2.60 bits per heavy atom. The van der Waals surface area contributed by atoms with Crippen LogP contribution >= 0.6 is 0 Å². The van der Waals surface area contributed by atoms with E-state index in [9.17, 15) is 4.79 Å². The highest BCUT2D eigenvalue weighted by Crippen LogP contribution is 2.00. The fourth-order valence-corrected chi connectivity index (χ4v) is 0.638. The van der Waals surface area contributed by atoms with E-state index in [4.69, 9.17) is 4.42 Å². The van der Waals surface area contributed by atoms with Crippen LogP contribution in [-0.4, -0.2) is 19.5 Å². The minimum Gasteiger partial charge on any atom is -0.472 e. The molecular formula is C7H8O3. The SMILES string of the molecule is COCC(=O)c1ccoc1. The van der Waals surface area contributed by atoms with E-state index in [1.54, 1.807) is 6.07 Å². The van der Waals surface area contributed by atoms with E-state index in [0.29, 0.717) is 5.56 Å². The molecule has 1 aromatic heterocycles. The summed E-state index contributed by atoms with van der Waals surface area (Å²) in [5, 5.41) is 0. The summed E-state index contributed by atoms with van der Waals surface area (Å²) in [5.74, 6) is -0.0590. The van der Waals surface area contributed by atoms with Crippen LogP contribution in [0.1, 0.15) is 10.4 Å². The van der Waals surface area contributed by atoms with Gasteiger partial charge in [0.1, 0.15) is 12.9 Å². The average Bonchev–Trinajstić information content (AvgIpc) is 2.38. The highest BCUT2D eigenvalue weighted by molar-refractivity contribution is 5.96. The molecule has 0 atom stereocenters. The minimum atomic E-state index is -0.0590. The molecule has 1 heterocycles. The molecule has 0 saturated heterocycles. The molecule has 0 spiro atoms. The lowest BCUT2D eigenvalue weighted by Gasteiger charge is -1.91. The van der Waals surface area contributed by atoms with Gasteiger partial charge in [-0.1, -0.05) is 0 Å². The van der Waals surface area contributed by atoms with Gasteiger partial charge in [-0.2, -0.15) is 0 Å². The summed E-state index contributed by atoms with van der Waals surface area (Å²) >= 11 is 0. The molecule has 1 rings (SSSR count). The molecule has 3 heteroatoms. The molecule has 0 aliphatic carbocycles. The monoisotopic (exact) mass is 140 g/mol. The number of carbonyl (C=O) groups excluding carboxylic acids is 1. The number of ether oxygens (including phenoxy) is 1. The van der Waals surface area contributed by atoms with Crippen LogP contribution in [0.25, 0.3) is 0 Å². The normalized spacial score (nSPS) is 9.70. The second-order valence-electron chi connectivity index (χ2n) is 1.87. The standard InChI is InChI=1S/C7H8O3/c1-9-5-7(8)6-2-3-10-4-6/h2-4H,5H2,1H3. The van der Waals surface area contributed by atoms with E-state index >= 15 is 0 Å². The summed E-state index contributed by atoms with van der Waals surface area (Å²) in [6.07, 6.45) is 2.87. The first kappa shape index (κ1) is 7.02. The molecule has 3 nitrogen and oxygen atoms in total. The second kappa shape index (κ2) is 3.17. The van der Waals surface area contributed by atoms with Gasteiger partial charge in [0.05, 0.1) is 11.8 Å². The fourth-order valence-electron chi connectivity index (χ4n) is 0.638. The maximum atomic E-state index is 10.9. The van der Waals surface area contributed by atoms with Crippen LogP contribution in [0.3, 0.4) is 0 Å². The second-order valence-corrected chi connectivity index (χ2v) is 1.87. The topological polar surface area (TPSA) is 39.4 Å². The van der Waals surface area contributed by atoms with Crippen molar-refractivity contribution in [2.45, 2.75) is 0 Å². The fraction of sp³-hybridized carbons (Fsp3) is 0.286. The van der Waals surface area contributed by atoms with Crippen molar-refractivity contribution >= 4 is 5.78 Å². The summed E-state index contributed by atoms with van der Waals surface area (Å²) in [4.78, 5) is 10.9. The molecule has 0 aliphatic heterocycles. The number of hydrogen-bond acceptors (Lipinski definition) is 3. The molecule has 0 aromatic carbocycles. The van der Waals surface area contributed by atoms with Crippen LogP contribution in [-0.2, 0) is 4.74 Å². The van der Waals surface area contributed by atoms with Crippen molar-refractivity contribution in [3.05, 3.63) is 24.2 Å². The summed E-state index contributed by atoms with van der Waals surface area (Å²) in [7, 11) is 1.48. The lowest BCUT2D eigenvalue weighted by molar-refractivity contribution is 0.0847. The van der Waals surface area contributed by atoms with E-state index in [1.165, 1.54) is 19.6 Å². The Balaban J connectivity index is 2.59. The van der Waals surface area contributed by atoms with Crippen LogP contribution in [0.2, 0.25) is 0 Å². The first-order chi connectivity index (χ1) is 4.84. The van der Waals surface area contributed by atoms with E-state index in [0.717, 1.165) is 0 Å². The summed E-state index contributed by atoms with van der Waals surface area (Å²) in [6, 6.07) is 1.61. The molecule has 0 aliphatic rings. The maximum Gasteiger partial charge on any atom is 0.191 e. The molecule has 0 fully saturated rings. The number of carbonyl (C=O) groups is 1. The Bertz CT molecular complexity index is 201. The van der Waals surface area contributed by atoms with Gasteiger partial charge in [0.15, 0.2) is 5.78 Å². The van der Waals surface area contributed by atoms with Crippen LogP contribution in [0, 0.1) is 0 Å². The first-order valence-corrected chi connectivity index (χ1v) is 2.89. The lowest BCUT2D eigenvalue weighted by Crippen LogP contribution is -2.04. The zero-order valence-corrected chi connectivity index (χ0v) is 5.66. The van der Waals surface area contributed by atoms with Crippen molar-refractivity contribution in [2.24, 2.45) is 0 Å². The number of rotatable bonds is 3. The predicted octanol–water partition coefficient (Wildman–Crippen LogP) is 1.11. The summed E-state index contributed by atoms with van der Waals surface area (Å²) < 4.78 is 9.34. The number of methoxy groups -OCH3 is 1. The van der Waals surface area contributed by atoms with Gasteiger partial charge < -0.3 is 9.15 Å². The first-order valence-electron chi connectivity index (χ1n) is 2.89. The van der Waals surface area contributed by atoms with Crippen LogP contribution in [0.5, 0.6) is 0 Å². The summed E-state index contributed by atoms with van der Waals surface area (Å²) in [5.41, 5.74) is 0.557. The zero-order valence-electron chi connectivity index (χ0n) is 5.66. The Hall–Kier alpha value is -1.09. The number of ketones is 1. The van der Waals surface area contributed by atoms with E-state index in [-0.39, 0.29) is 12.4 Å².